The number of hydrogen-bond acceptors (Lipinski definition) is 5. The van der Waals surface area contributed by atoms with Crippen molar-refractivity contribution in [3.05, 3.63) is 34.9 Å². The molecule has 2 bridgehead atoms. The lowest BCUT2D eigenvalue weighted by Gasteiger charge is -2.65. The van der Waals surface area contributed by atoms with E-state index in [0.717, 1.165) is 29.8 Å². The highest BCUT2D eigenvalue weighted by molar-refractivity contribution is 8.06. The van der Waals surface area contributed by atoms with Gasteiger partial charge in [0.15, 0.2) is 8.24 Å². The maximum absolute atomic E-state index is 13.6. The summed E-state index contributed by atoms with van der Waals surface area (Å²) < 4.78 is 136. The molecule has 3 aliphatic carbocycles. The van der Waals surface area contributed by atoms with E-state index < -0.39 is 54.1 Å². The number of benzene rings is 1. The van der Waals surface area contributed by atoms with Gasteiger partial charge in [-0.3, -0.25) is 0 Å². The van der Waals surface area contributed by atoms with Gasteiger partial charge in [0, 0.05) is 0 Å². The standard InChI is InChI=1S/C23H33F6NO5S2Si/c1-14-7-15(2)9-16(8-14)12-35-13-18-19-10-17(21(19,3)4)11-20(18)38(5,6)30(36(31,32)22(24,25)26)37(33,34)23(27,28)29/h7-9,17-20H,10-13H2,1-6H3/t17-,18+,19+,20-/m1/s1. The molecule has 1 aromatic carbocycles. The molecular formula is C23H33F6NO5S2Si. The van der Waals surface area contributed by atoms with Crippen molar-refractivity contribution in [1.29, 1.82) is 0 Å². The summed E-state index contributed by atoms with van der Waals surface area (Å²) in [5, 5.41) is 0. The van der Waals surface area contributed by atoms with Crippen LogP contribution in [0.4, 0.5) is 26.3 Å². The summed E-state index contributed by atoms with van der Waals surface area (Å²) in [7, 11) is -18.3. The average Bonchev–Trinajstić information content (AvgIpc) is 2.70. The van der Waals surface area contributed by atoms with Crippen LogP contribution < -0.4 is 0 Å². The Kier molecular flexibility index (Phi) is 8.04. The van der Waals surface area contributed by atoms with E-state index in [1.54, 1.807) is 0 Å². The van der Waals surface area contributed by atoms with Crippen LogP contribution in [0, 0.1) is 37.0 Å². The van der Waals surface area contributed by atoms with Gasteiger partial charge in [0.1, 0.15) is 0 Å². The molecule has 0 amide bonds. The minimum absolute atomic E-state index is 0.0547. The van der Waals surface area contributed by atoms with Crippen molar-refractivity contribution in [3.8, 4) is 0 Å². The Bertz CT molecular complexity index is 1210. The van der Waals surface area contributed by atoms with Gasteiger partial charge in [0.25, 0.3) is 0 Å². The summed E-state index contributed by atoms with van der Waals surface area (Å²) in [5.74, 6) is -0.901. The second kappa shape index (κ2) is 9.74. The van der Waals surface area contributed by atoms with Crippen molar-refractivity contribution in [2.24, 2.45) is 23.2 Å². The van der Waals surface area contributed by atoms with Gasteiger partial charge in [0.2, 0.25) is 0 Å². The van der Waals surface area contributed by atoms with Crippen LogP contribution >= 0.6 is 0 Å². The SMILES string of the molecule is Cc1cc(C)cc(COC[C@@H]2[C@H]([Si](C)(C)N(S(=O)(=O)C(F)(F)F)S(=O)(=O)C(F)(F)F)C[C@H]3C[C@@H]2C3(C)C)c1. The van der Waals surface area contributed by atoms with Gasteiger partial charge in [-0.1, -0.05) is 56.3 Å². The van der Waals surface area contributed by atoms with E-state index in [4.69, 9.17) is 4.74 Å². The summed E-state index contributed by atoms with van der Waals surface area (Å²) in [6.45, 7) is 9.69. The van der Waals surface area contributed by atoms with Gasteiger partial charge in [0.05, 0.1) is 13.2 Å². The molecule has 0 spiro atoms. The fourth-order valence-corrected chi connectivity index (χ4v) is 17.3. The molecule has 4 atom stereocenters. The van der Waals surface area contributed by atoms with E-state index in [1.165, 1.54) is 0 Å². The number of aryl methyl sites for hydroxylation is 2. The van der Waals surface area contributed by atoms with Crippen molar-refractivity contribution in [1.82, 2.24) is 3.38 Å². The van der Waals surface area contributed by atoms with Crippen molar-refractivity contribution in [2.75, 3.05) is 6.61 Å². The predicted octanol–water partition coefficient (Wildman–Crippen LogP) is 6.08. The molecule has 3 aliphatic rings. The van der Waals surface area contributed by atoms with E-state index in [1.807, 2.05) is 45.9 Å². The number of sulfonamides is 2. The third kappa shape index (κ3) is 5.29. The van der Waals surface area contributed by atoms with Crippen molar-refractivity contribution < 1.29 is 47.9 Å². The highest BCUT2D eigenvalue weighted by atomic mass is 32.3. The van der Waals surface area contributed by atoms with E-state index in [9.17, 15) is 43.2 Å². The molecule has 6 nitrogen and oxygen atoms in total. The van der Waals surface area contributed by atoms with Crippen molar-refractivity contribution >= 4 is 28.3 Å². The first-order valence-electron chi connectivity index (χ1n) is 12.0. The first-order chi connectivity index (χ1) is 17.0. The zero-order valence-electron chi connectivity index (χ0n) is 21.9. The number of alkyl halides is 6. The molecule has 0 N–H and O–H groups in total. The van der Waals surface area contributed by atoms with Crippen LogP contribution in [0.5, 0.6) is 0 Å². The topological polar surface area (TPSA) is 80.8 Å². The molecule has 38 heavy (non-hydrogen) atoms. The van der Waals surface area contributed by atoms with Crippen LogP contribution in [0.2, 0.25) is 18.6 Å². The number of halogens is 6. The average molecular weight is 610 g/mol. The Morgan fingerprint density at radius 1 is 0.921 bits per heavy atom. The summed E-state index contributed by atoms with van der Waals surface area (Å²) in [5.41, 5.74) is -11.0. The number of hydrogen-bond donors (Lipinski definition) is 0. The maximum atomic E-state index is 13.6. The quantitative estimate of drug-likeness (QED) is 0.264. The first-order valence-corrected chi connectivity index (χ1v) is 17.9. The van der Waals surface area contributed by atoms with Crippen LogP contribution in [-0.4, -0.2) is 46.1 Å². The lowest BCUT2D eigenvalue weighted by Crippen LogP contribution is -2.67. The lowest BCUT2D eigenvalue weighted by atomic mass is 9.45. The van der Waals surface area contributed by atoms with Crippen LogP contribution in [0.3, 0.4) is 0 Å². The highest BCUT2D eigenvalue weighted by Gasteiger charge is 2.70. The summed E-state index contributed by atoms with van der Waals surface area (Å²) in [6.07, 6.45) is 0.765. The molecule has 0 heterocycles. The van der Waals surface area contributed by atoms with Gasteiger partial charge < -0.3 is 4.74 Å². The van der Waals surface area contributed by atoms with E-state index >= 15 is 0 Å². The molecule has 0 aliphatic heterocycles. The molecule has 0 saturated heterocycles. The second-order valence-corrected chi connectivity index (χ2v) is 20.6. The summed E-state index contributed by atoms with van der Waals surface area (Å²) in [6, 6.07) is 5.74. The molecule has 3 saturated carbocycles. The van der Waals surface area contributed by atoms with Crippen LogP contribution in [-0.2, 0) is 31.4 Å². The van der Waals surface area contributed by atoms with Crippen molar-refractivity contribution in [3.63, 3.8) is 0 Å². The van der Waals surface area contributed by atoms with Gasteiger partial charge in [-0.05, 0) is 61.0 Å². The van der Waals surface area contributed by atoms with Crippen molar-refractivity contribution in [2.45, 2.75) is 76.8 Å². The Morgan fingerprint density at radius 2 is 1.39 bits per heavy atom. The molecule has 1 aromatic rings. The van der Waals surface area contributed by atoms with Gasteiger partial charge in [-0.15, -0.1) is 3.38 Å². The van der Waals surface area contributed by atoms with Gasteiger partial charge >= 0.3 is 31.1 Å². The number of nitrogens with zero attached hydrogens (tertiary/aromatic N) is 1. The normalized spacial score (nSPS) is 26.3. The smallest absolute Gasteiger partial charge is 0.376 e. The zero-order valence-corrected chi connectivity index (χ0v) is 24.6. The minimum Gasteiger partial charge on any atom is -0.376 e. The fourth-order valence-electron chi connectivity index (χ4n) is 6.53. The molecule has 0 aromatic heterocycles. The van der Waals surface area contributed by atoms with Gasteiger partial charge in [-0.2, -0.15) is 26.3 Å². The summed E-state index contributed by atoms with van der Waals surface area (Å²) in [4.78, 5) is 0. The Hall–Kier alpha value is -1.16. The van der Waals surface area contributed by atoms with Gasteiger partial charge in [-0.25, -0.2) is 16.8 Å². The number of ether oxygens (including phenoxy) is 1. The highest BCUT2D eigenvalue weighted by Crippen LogP contribution is 2.67. The molecule has 15 heteroatoms. The Morgan fingerprint density at radius 3 is 1.82 bits per heavy atom. The lowest BCUT2D eigenvalue weighted by molar-refractivity contribution is -0.126. The van der Waals surface area contributed by atoms with Crippen LogP contribution in [0.15, 0.2) is 18.2 Å². The summed E-state index contributed by atoms with van der Waals surface area (Å²) >= 11 is 0. The van der Waals surface area contributed by atoms with E-state index in [0.29, 0.717) is 6.42 Å². The monoisotopic (exact) mass is 609 g/mol. The van der Waals surface area contributed by atoms with E-state index in [2.05, 4.69) is 0 Å². The maximum Gasteiger partial charge on any atom is 0.512 e. The van der Waals surface area contributed by atoms with E-state index in [-0.39, 0.29) is 36.9 Å². The molecule has 218 valence electrons. The zero-order chi connectivity index (χ0) is 29.3. The Labute approximate surface area is 220 Å². The first kappa shape index (κ1) is 31.4. The molecule has 0 unspecified atom stereocenters. The molecular weight excluding hydrogens is 576 g/mol. The fraction of sp³-hybridized carbons (Fsp3) is 0.739. The third-order valence-corrected chi connectivity index (χ3v) is 19.3. The molecule has 0 radical (unpaired) electrons. The third-order valence-electron chi connectivity index (χ3n) is 8.38. The van der Waals surface area contributed by atoms with Crippen LogP contribution in [0.25, 0.3) is 0 Å². The molecule has 4 rings (SSSR count). The Balaban J connectivity index is 2.03. The second-order valence-electron chi connectivity index (χ2n) is 11.6. The number of rotatable bonds is 8. The molecule has 3 fully saturated rings. The largest absolute Gasteiger partial charge is 0.512 e. The number of fused-ring (bicyclic) bond motifs is 2. The van der Waals surface area contributed by atoms with Crippen LogP contribution in [0.1, 0.15) is 43.4 Å². The predicted molar refractivity (Wildman–Crippen MR) is 132 cm³/mol. The minimum atomic E-state index is -6.87.